The van der Waals surface area contributed by atoms with Crippen LogP contribution in [0.5, 0.6) is 0 Å². The number of nitrogens with two attached hydrogens (primary N) is 1. The number of anilines is 2. The average molecular weight is 267 g/mol. The van der Waals surface area contributed by atoms with E-state index < -0.39 is 0 Å². The molecule has 3 aromatic rings. The van der Waals surface area contributed by atoms with Gasteiger partial charge in [0.25, 0.3) is 0 Å². The predicted octanol–water partition coefficient (Wildman–Crippen LogP) is 3.35. The number of aromatic nitrogens is 1. The minimum atomic E-state index is 0.690. The SMILES string of the molecule is Cc1nc2ccc(N(C)Cc3cccc(N)c3)cc2o1. The van der Waals surface area contributed by atoms with Crippen molar-refractivity contribution in [2.75, 3.05) is 17.7 Å². The second-order valence-electron chi connectivity index (χ2n) is 4.99. The second kappa shape index (κ2) is 4.89. The van der Waals surface area contributed by atoms with E-state index in [2.05, 4.69) is 22.0 Å². The fraction of sp³-hybridized carbons (Fsp3) is 0.188. The lowest BCUT2D eigenvalue weighted by Crippen LogP contribution is -2.16. The van der Waals surface area contributed by atoms with Gasteiger partial charge in [-0.25, -0.2) is 4.98 Å². The van der Waals surface area contributed by atoms with Crippen molar-refractivity contribution >= 4 is 22.5 Å². The monoisotopic (exact) mass is 267 g/mol. The zero-order valence-electron chi connectivity index (χ0n) is 11.6. The molecule has 0 fully saturated rings. The van der Waals surface area contributed by atoms with Gasteiger partial charge in [0.2, 0.25) is 0 Å². The summed E-state index contributed by atoms with van der Waals surface area (Å²) in [6.45, 7) is 2.65. The highest BCUT2D eigenvalue weighted by molar-refractivity contribution is 5.77. The van der Waals surface area contributed by atoms with E-state index in [0.717, 1.165) is 29.0 Å². The first-order valence-electron chi connectivity index (χ1n) is 6.54. The number of aryl methyl sites for hydroxylation is 1. The number of rotatable bonds is 3. The number of nitrogen functional groups attached to an aromatic ring is 1. The summed E-state index contributed by atoms with van der Waals surface area (Å²) in [5.41, 5.74) is 10.6. The Morgan fingerprint density at radius 3 is 2.85 bits per heavy atom. The molecule has 0 amide bonds. The normalized spacial score (nSPS) is 10.9. The standard InChI is InChI=1S/C16H17N3O/c1-11-18-15-7-6-14(9-16(15)20-11)19(2)10-12-4-3-5-13(17)8-12/h3-9H,10,17H2,1-2H3. The molecule has 102 valence electrons. The van der Waals surface area contributed by atoms with Crippen molar-refractivity contribution in [2.24, 2.45) is 0 Å². The van der Waals surface area contributed by atoms with Gasteiger partial charge in [-0.1, -0.05) is 12.1 Å². The Kier molecular flexibility index (Phi) is 3.06. The zero-order chi connectivity index (χ0) is 14.1. The highest BCUT2D eigenvalue weighted by Crippen LogP contribution is 2.23. The van der Waals surface area contributed by atoms with Gasteiger partial charge in [-0.15, -0.1) is 0 Å². The molecule has 0 saturated carbocycles. The van der Waals surface area contributed by atoms with Crippen molar-refractivity contribution in [1.29, 1.82) is 0 Å². The molecule has 0 bridgehead atoms. The Hall–Kier alpha value is -2.49. The number of nitrogens with zero attached hydrogens (tertiary/aromatic N) is 2. The molecule has 2 N–H and O–H groups in total. The molecule has 1 aromatic heterocycles. The fourth-order valence-corrected chi connectivity index (χ4v) is 2.32. The van der Waals surface area contributed by atoms with Crippen LogP contribution in [0.15, 0.2) is 46.9 Å². The van der Waals surface area contributed by atoms with Crippen molar-refractivity contribution in [2.45, 2.75) is 13.5 Å². The van der Waals surface area contributed by atoms with E-state index >= 15 is 0 Å². The lowest BCUT2D eigenvalue weighted by atomic mass is 10.2. The maximum absolute atomic E-state index is 5.81. The van der Waals surface area contributed by atoms with Gasteiger partial charge in [-0.3, -0.25) is 0 Å². The number of benzene rings is 2. The molecule has 0 aliphatic rings. The smallest absolute Gasteiger partial charge is 0.192 e. The van der Waals surface area contributed by atoms with Crippen LogP contribution in [-0.4, -0.2) is 12.0 Å². The zero-order valence-corrected chi connectivity index (χ0v) is 11.6. The van der Waals surface area contributed by atoms with E-state index in [1.54, 1.807) is 0 Å². The summed E-state index contributed by atoms with van der Waals surface area (Å²) in [6.07, 6.45) is 0. The maximum Gasteiger partial charge on any atom is 0.192 e. The summed E-state index contributed by atoms with van der Waals surface area (Å²) >= 11 is 0. The number of hydrogen-bond donors (Lipinski definition) is 1. The molecule has 0 spiro atoms. The summed E-state index contributed by atoms with van der Waals surface area (Å²) in [7, 11) is 2.05. The molecule has 1 heterocycles. The molecule has 0 radical (unpaired) electrons. The van der Waals surface area contributed by atoms with Gasteiger partial charge in [0, 0.05) is 38.0 Å². The third-order valence-electron chi connectivity index (χ3n) is 3.29. The van der Waals surface area contributed by atoms with E-state index in [0.29, 0.717) is 5.89 Å². The average Bonchev–Trinajstić information content (AvgIpc) is 2.77. The molecule has 20 heavy (non-hydrogen) atoms. The highest BCUT2D eigenvalue weighted by atomic mass is 16.3. The van der Waals surface area contributed by atoms with Crippen LogP contribution in [0.4, 0.5) is 11.4 Å². The molecule has 4 nitrogen and oxygen atoms in total. The van der Waals surface area contributed by atoms with Crippen molar-refractivity contribution in [3.05, 3.63) is 53.9 Å². The minimum Gasteiger partial charge on any atom is -0.441 e. The predicted molar refractivity (Wildman–Crippen MR) is 81.7 cm³/mol. The van der Waals surface area contributed by atoms with Crippen molar-refractivity contribution < 1.29 is 4.42 Å². The Morgan fingerprint density at radius 2 is 2.05 bits per heavy atom. The molecular weight excluding hydrogens is 250 g/mol. The molecule has 0 saturated heterocycles. The number of fused-ring (bicyclic) bond motifs is 1. The van der Waals surface area contributed by atoms with E-state index in [-0.39, 0.29) is 0 Å². The lowest BCUT2D eigenvalue weighted by Gasteiger charge is -2.19. The molecule has 4 heteroatoms. The quantitative estimate of drug-likeness (QED) is 0.739. The van der Waals surface area contributed by atoms with Crippen LogP contribution in [0.3, 0.4) is 0 Å². The third kappa shape index (κ3) is 2.45. The van der Waals surface area contributed by atoms with Crippen LogP contribution in [0.2, 0.25) is 0 Å². The number of hydrogen-bond acceptors (Lipinski definition) is 4. The van der Waals surface area contributed by atoms with E-state index in [9.17, 15) is 0 Å². The topological polar surface area (TPSA) is 55.3 Å². The van der Waals surface area contributed by atoms with Crippen LogP contribution in [0.1, 0.15) is 11.5 Å². The van der Waals surface area contributed by atoms with E-state index in [1.165, 1.54) is 5.56 Å². The molecule has 0 aliphatic heterocycles. The van der Waals surface area contributed by atoms with E-state index in [4.69, 9.17) is 10.2 Å². The molecule has 0 atom stereocenters. The van der Waals surface area contributed by atoms with Gasteiger partial charge in [0.1, 0.15) is 5.52 Å². The summed E-state index contributed by atoms with van der Waals surface area (Å²) < 4.78 is 5.57. The fourth-order valence-electron chi connectivity index (χ4n) is 2.32. The Bertz CT molecular complexity index is 748. The summed E-state index contributed by atoms with van der Waals surface area (Å²) in [6, 6.07) is 14.0. The third-order valence-corrected chi connectivity index (χ3v) is 3.29. The molecule has 0 aliphatic carbocycles. The first-order valence-corrected chi connectivity index (χ1v) is 6.54. The second-order valence-corrected chi connectivity index (χ2v) is 4.99. The van der Waals surface area contributed by atoms with Gasteiger partial charge < -0.3 is 15.1 Å². The molecule has 0 unspecified atom stereocenters. The van der Waals surface area contributed by atoms with Gasteiger partial charge in [0.05, 0.1) is 0 Å². The molecule has 2 aromatic carbocycles. The first kappa shape index (κ1) is 12.5. The van der Waals surface area contributed by atoms with Gasteiger partial charge in [0.15, 0.2) is 11.5 Å². The van der Waals surface area contributed by atoms with Crippen LogP contribution >= 0.6 is 0 Å². The maximum atomic E-state index is 5.81. The van der Waals surface area contributed by atoms with Crippen molar-refractivity contribution in [1.82, 2.24) is 4.98 Å². The Labute approximate surface area is 117 Å². The van der Waals surface area contributed by atoms with Crippen LogP contribution in [-0.2, 0) is 6.54 Å². The van der Waals surface area contributed by atoms with Crippen LogP contribution < -0.4 is 10.6 Å². The molecule has 3 rings (SSSR count). The largest absolute Gasteiger partial charge is 0.441 e. The summed E-state index contributed by atoms with van der Waals surface area (Å²) in [4.78, 5) is 6.47. The number of oxazole rings is 1. The summed E-state index contributed by atoms with van der Waals surface area (Å²) in [5.74, 6) is 0.690. The Morgan fingerprint density at radius 1 is 1.20 bits per heavy atom. The van der Waals surface area contributed by atoms with Gasteiger partial charge in [-0.05, 0) is 29.8 Å². The minimum absolute atomic E-state index is 0.690. The highest BCUT2D eigenvalue weighted by Gasteiger charge is 2.07. The van der Waals surface area contributed by atoms with Crippen molar-refractivity contribution in [3.63, 3.8) is 0 Å². The van der Waals surface area contributed by atoms with Gasteiger partial charge >= 0.3 is 0 Å². The Balaban J connectivity index is 1.86. The van der Waals surface area contributed by atoms with Gasteiger partial charge in [-0.2, -0.15) is 0 Å². The van der Waals surface area contributed by atoms with Crippen LogP contribution in [0.25, 0.3) is 11.1 Å². The van der Waals surface area contributed by atoms with Crippen LogP contribution in [0, 0.1) is 6.92 Å². The van der Waals surface area contributed by atoms with Crippen molar-refractivity contribution in [3.8, 4) is 0 Å². The summed E-state index contributed by atoms with van der Waals surface area (Å²) in [5, 5.41) is 0. The molecular formula is C16H17N3O. The lowest BCUT2D eigenvalue weighted by molar-refractivity contribution is 0.561. The first-order chi connectivity index (χ1) is 9.61. The van der Waals surface area contributed by atoms with E-state index in [1.807, 2.05) is 44.3 Å².